The van der Waals surface area contributed by atoms with Crippen LogP contribution in [0, 0.1) is 6.92 Å². The molecule has 0 radical (unpaired) electrons. The van der Waals surface area contributed by atoms with Crippen LogP contribution in [0.5, 0.6) is 0 Å². The SMILES string of the molecule is Cc1cc(Sc2ncccn2)ccc1NC(=O)CCCN.Cl. The molecule has 22 heavy (non-hydrogen) atoms. The maximum atomic E-state index is 11.7. The Balaban J connectivity index is 0.00000242. The van der Waals surface area contributed by atoms with Crippen LogP contribution in [-0.2, 0) is 4.79 Å². The van der Waals surface area contributed by atoms with E-state index in [9.17, 15) is 4.79 Å². The molecule has 7 heteroatoms. The number of nitrogens with zero attached hydrogens (tertiary/aromatic N) is 2. The number of nitrogens with two attached hydrogens (primary N) is 1. The summed E-state index contributed by atoms with van der Waals surface area (Å²) in [6.07, 6.45) is 4.58. The summed E-state index contributed by atoms with van der Waals surface area (Å²) >= 11 is 1.49. The van der Waals surface area contributed by atoms with E-state index in [1.54, 1.807) is 18.5 Å². The van der Waals surface area contributed by atoms with E-state index >= 15 is 0 Å². The number of aryl methyl sites for hydroxylation is 1. The fourth-order valence-electron chi connectivity index (χ4n) is 1.76. The third-order valence-electron chi connectivity index (χ3n) is 2.83. The highest BCUT2D eigenvalue weighted by atomic mass is 35.5. The largest absolute Gasteiger partial charge is 0.330 e. The van der Waals surface area contributed by atoms with Gasteiger partial charge in [0.15, 0.2) is 5.16 Å². The van der Waals surface area contributed by atoms with Gasteiger partial charge in [0.05, 0.1) is 0 Å². The fraction of sp³-hybridized carbons (Fsp3) is 0.267. The molecule has 2 rings (SSSR count). The molecule has 0 fully saturated rings. The summed E-state index contributed by atoms with van der Waals surface area (Å²) in [7, 11) is 0. The van der Waals surface area contributed by atoms with E-state index in [2.05, 4.69) is 15.3 Å². The topological polar surface area (TPSA) is 80.9 Å². The lowest BCUT2D eigenvalue weighted by Crippen LogP contribution is -2.14. The number of hydrogen-bond donors (Lipinski definition) is 2. The predicted molar refractivity (Wildman–Crippen MR) is 91.5 cm³/mol. The molecule has 0 saturated carbocycles. The number of carbonyl (C=O) groups excluding carboxylic acids is 1. The standard InChI is InChI=1S/C15H18N4OS.ClH/c1-11-10-12(21-15-17-8-3-9-18-15)5-6-13(11)19-14(20)4-2-7-16;/h3,5-6,8-10H,2,4,7,16H2,1H3,(H,19,20);1H. The Kier molecular flexibility index (Phi) is 7.87. The van der Waals surface area contributed by atoms with E-state index in [4.69, 9.17) is 5.73 Å². The van der Waals surface area contributed by atoms with Crippen molar-refractivity contribution in [1.82, 2.24) is 9.97 Å². The van der Waals surface area contributed by atoms with Gasteiger partial charge in [0, 0.05) is 29.4 Å². The molecule has 3 N–H and O–H groups in total. The first-order chi connectivity index (χ1) is 10.2. The molecule has 0 saturated heterocycles. The molecule has 118 valence electrons. The van der Waals surface area contributed by atoms with Crippen molar-refractivity contribution in [3.05, 3.63) is 42.2 Å². The van der Waals surface area contributed by atoms with Gasteiger partial charge in [0.1, 0.15) is 0 Å². The van der Waals surface area contributed by atoms with Crippen molar-refractivity contribution in [2.45, 2.75) is 29.8 Å². The van der Waals surface area contributed by atoms with Crippen molar-refractivity contribution in [3.63, 3.8) is 0 Å². The number of benzene rings is 1. The Hall–Kier alpha value is -1.63. The number of anilines is 1. The summed E-state index contributed by atoms with van der Waals surface area (Å²) < 4.78 is 0. The zero-order valence-corrected chi connectivity index (χ0v) is 13.9. The molecule has 1 amide bonds. The van der Waals surface area contributed by atoms with Crippen LogP contribution in [0.4, 0.5) is 5.69 Å². The molecule has 0 bridgehead atoms. The van der Waals surface area contributed by atoms with E-state index in [-0.39, 0.29) is 18.3 Å². The van der Waals surface area contributed by atoms with Crippen LogP contribution in [0.15, 0.2) is 46.7 Å². The highest BCUT2D eigenvalue weighted by Gasteiger charge is 2.06. The molecule has 0 spiro atoms. The van der Waals surface area contributed by atoms with Crippen molar-refractivity contribution < 1.29 is 4.79 Å². The molecule has 1 aromatic heterocycles. The molecular formula is C15H19ClN4OS. The molecule has 2 aromatic rings. The van der Waals surface area contributed by atoms with Crippen molar-refractivity contribution in [2.24, 2.45) is 5.73 Å². The maximum absolute atomic E-state index is 11.7. The van der Waals surface area contributed by atoms with Gasteiger partial charge in [-0.1, -0.05) is 0 Å². The van der Waals surface area contributed by atoms with Crippen molar-refractivity contribution in [1.29, 1.82) is 0 Å². The number of aromatic nitrogens is 2. The smallest absolute Gasteiger partial charge is 0.224 e. The van der Waals surface area contributed by atoms with Crippen LogP contribution in [-0.4, -0.2) is 22.4 Å². The average molecular weight is 339 g/mol. The van der Waals surface area contributed by atoms with Gasteiger partial charge in [-0.25, -0.2) is 9.97 Å². The lowest BCUT2D eigenvalue weighted by Gasteiger charge is -2.09. The molecule has 0 aliphatic carbocycles. The minimum atomic E-state index is -0.00431. The second kappa shape index (κ2) is 9.40. The summed E-state index contributed by atoms with van der Waals surface area (Å²) in [5.41, 5.74) is 7.24. The molecule has 0 aliphatic heterocycles. The average Bonchev–Trinajstić information content (AvgIpc) is 2.49. The molecule has 5 nitrogen and oxygen atoms in total. The van der Waals surface area contributed by atoms with Gasteiger partial charge in [0.2, 0.25) is 5.91 Å². The normalized spacial score (nSPS) is 9.91. The quantitative estimate of drug-likeness (QED) is 0.791. The lowest BCUT2D eigenvalue weighted by molar-refractivity contribution is -0.116. The summed E-state index contributed by atoms with van der Waals surface area (Å²) in [4.78, 5) is 21.1. The number of hydrogen-bond acceptors (Lipinski definition) is 5. The molecule has 1 heterocycles. The van der Waals surface area contributed by atoms with E-state index in [0.717, 1.165) is 16.1 Å². The monoisotopic (exact) mass is 338 g/mol. The Morgan fingerprint density at radius 3 is 2.68 bits per heavy atom. The minimum Gasteiger partial charge on any atom is -0.330 e. The first kappa shape index (κ1) is 18.4. The molecular weight excluding hydrogens is 320 g/mol. The van der Waals surface area contributed by atoms with Crippen molar-refractivity contribution in [3.8, 4) is 0 Å². The van der Waals surface area contributed by atoms with Crippen LogP contribution >= 0.6 is 24.2 Å². The lowest BCUT2D eigenvalue weighted by atomic mass is 10.2. The Bertz CT molecular complexity index is 610. The third kappa shape index (κ3) is 5.63. The van der Waals surface area contributed by atoms with Crippen LogP contribution in [0.1, 0.15) is 18.4 Å². The highest BCUT2D eigenvalue weighted by Crippen LogP contribution is 2.27. The number of nitrogens with one attached hydrogen (secondary N) is 1. The number of carbonyl (C=O) groups is 1. The summed E-state index contributed by atoms with van der Waals surface area (Å²) in [6, 6.07) is 7.66. The predicted octanol–water partition coefficient (Wildman–Crippen LogP) is 3.04. The van der Waals surface area contributed by atoms with Crippen LogP contribution in [0.3, 0.4) is 0 Å². The van der Waals surface area contributed by atoms with Crippen molar-refractivity contribution >= 4 is 35.8 Å². The highest BCUT2D eigenvalue weighted by molar-refractivity contribution is 7.99. The van der Waals surface area contributed by atoms with Gasteiger partial charge in [-0.3, -0.25) is 4.79 Å². The van der Waals surface area contributed by atoms with E-state index in [1.165, 1.54) is 11.8 Å². The zero-order valence-electron chi connectivity index (χ0n) is 12.3. The molecule has 1 aromatic carbocycles. The second-order valence-corrected chi connectivity index (χ2v) is 5.59. The Morgan fingerprint density at radius 2 is 2.05 bits per heavy atom. The Morgan fingerprint density at radius 1 is 1.32 bits per heavy atom. The van der Waals surface area contributed by atoms with Gasteiger partial charge in [-0.15, -0.1) is 12.4 Å². The van der Waals surface area contributed by atoms with E-state index < -0.39 is 0 Å². The van der Waals surface area contributed by atoms with Crippen LogP contribution in [0.25, 0.3) is 0 Å². The third-order valence-corrected chi connectivity index (χ3v) is 3.71. The molecule has 0 aliphatic rings. The molecule has 0 atom stereocenters. The van der Waals surface area contributed by atoms with Gasteiger partial charge < -0.3 is 11.1 Å². The number of amides is 1. The second-order valence-electron chi connectivity index (χ2n) is 4.55. The van der Waals surface area contributed by atoms with Crippen LogP contribution < -0.4 is 11.1 Å². The van der Waals surface area contributed by atoms with E-state index in [1.807, 2.05) is 25.1 Å². The number of halogens is 1. The molecule has 0 unspecified atom stereocenters. The van der Waals surface area contributed by atoms with E-state index in [0.29, 0.717) is 24.5 Å². The van der Waals surface area contributed by atoms with Gasteiger partial charge >= 0.3 is 0 Å². The first-order valence-electron chi connectivity index (χ1n) is 6.74. The first-order valence-corrected chi connectivity index (χ1v) is 7.56. The minimum absolute atomic E-state index is 0. The maximum Gasteiger partial charge on any atom is 0.224 e. The fourth-order valence-corrected chi connectivity index (χ4v) is 2.57. The summed E-state index contributed by atoms with van der Waals surface area (Å²) in [6.45, 7) is 2.49. The van der Waals surface area contributed by atoms with Gasteiger partial charge in [-0.05, 0) is 61.5 Å². The zero-order chi connectivity index (χ0) is 15.1. The summed E-state index contributed by atoms with van der Waals surface area (Å²) in [5, 5.41) is 3.61. The van der Waals surface area contributed by atoms with Gasteiger partial charge in [0.25, 0.3) is 0 Å². The van der Waals surface area contributed by atoms with Gasteiger partial charge in [-0.2, -0.15) is 0 Å². The Labute approximate surface area is 140 Å². The summed E-state index contributed by atoms with van der Waals surface area (Å²) in [5.74, 6) is -0.00431. The van der Waals surface area contributed by atoms with Crippen LogP contribution in [0.2, 0.25) is 0 Å². The number of rotatable bonds is 6. The van der Waals surface area contributed by atoms with Crippen molar-refractivity contribution in [2.75, 3.05) is 11.9 Å².